The molecule has 11 heteroatoms. The summed E-state index contributed by atoms with van der Waals surface area (Å²) in [5.74, 6) is -6.83. The van der Waals surface area contributed by atoms with Crippen LogP contribution in [0.25, 0.3) is 0 Å². The van der Waals surface area contributed by atoms with Crippen molar-refractivity contribution in [2.75, 3.05) is 11.4 Å². The summed E-state index contributed by atoms with van der Waals surface area (Å²) in [6.45, 7) is -0.562. The average Bonchev–Trinajstić information content (AvgIpc) is 2.96. The molecule has 1 aromatic heterocycles. The van der Waals surface area contributed by atoms with Crippen LogP contribution < -0.4 is 15.6 Å². The van der Waals surface area contributed by atoms with E-state index in [9.17, 15) is 37.1 Å². The van der Waals surface area contributed by atoms with Crippen LogP contribution in [-0.2, 0) is 13.0 Å². The van der Waals surface area contributed by atoms with Gasteiger partial charge in [0, 0.05) is 37.0 Å². The van der Waals surface area contributed by atoms with Gasteiger partial charge in [-0.3, -0.25) is 14.4 Å². The third-order valence-electron chi connectivity index (χ3n) is 6.31. The van der Waals surface area contributed by atoms with Gasteiger partial charge in [-0.25, -0.2) is 17.6 Å². The monoisotopic (exact) mass is 487 g/mol. The van der Waals surface area contributed by atoms with Crippen molar-refractivity contribution in [2.24, 2.45) is 0 Å². The first-order valence-corrected chi connectivity index (χ1v) is 10.7. The Kier molecular flexibility index (Phi) is 5.34. The maximum atomic E-state index is 13.9. The van der Waals surface area contributed by atoms with Crippen LogP contribution in [0, 0.1) is 23.3 Å². The number of nitrogens with zero attached hydrogens (tertiary/aromatic N) is 2. The van der Waals surface area contributed by atoms with Crippen molar-refractivity contribution in [3.05, 3.63) is 92.4 Å². The number of halogens is 4. The van der Waals surface area contributed by atoms with Crippen LogP contribution in [-0.4, -0.2) is 28.0 Å². The second-order valence-corrected chi connectivity index (χ2v) is 8.39. The van der Waals surface area contributed by atoms with Gasteiger partial charge < -0.3 is 19.9 Å². The van der Waals surface area contributed by atoms with Crippen LogP contribution in [0.15, 0.2) is 41.3 Å². The van der Waals surface area contributed by atoms with E-state index in [0.717, 1.165) is 11.8 Å². The van der Waals surface area contributed by atoms with E-state index in [1.165, 1.54) is 21.6 Å². The Morgan fingerprint density at radius 1 is 1.06 bits per heavy atom. The summed E-state index contributed by atoms with van der Waals surface area (Å²) in [6, 6.07) is 4.54. The van der Waals surface area contributed by atoms with Gasteiger partial charge >= 0.3 is 0 Å². The molecule has 0 saturated carbocycles. The van der Waals surface area contributed by atoms with E-state index in [0.29, 0.717) is 30.7 Å². The zero-order chi connectivity index (χ0) is 25.0. The number of rotatable bonds is 3. The SMILES string of the molecule is O=C(NCc1c(F)cc(F)cc1F)c1cn2c(c(O)c1=O)C(=O)N1C[C@H]2CCc2ccc(F)cc21. The molecule has 0 unspecified atom stereocenters. The number of pyridine rings is 1. The van der Waals surface area contributed by atoms with Crippen molar-refractivity contribution in [3.63, 3.8) is 0 Å². The van der Waals surface area contributed by atoms with Crippen molar-refractivity contribution in [1.82, 2.24) is 9.88 Å². The Bertz CT molecular complexity index is 1450. The van der Waals surface area contributed by atoms with Crippen LogP contribution in [0.3, 0.4) is 0 Å². The summed E-state index contributed by atoms with van der Waals surface area (Å²) < 4.78 is 56.1. The molecule has 2 aliphatic rings. The van der Waals surface area contributed by atoms with E-state index in [1.807, 2.05) is 0 Å². The van der Waals surface area contributed by atoms with Crippen LogP contribution in [0.4, 0.5) is 23.2 Å². The third-order valence-corrected chi connectivity index (χ3v) is 6.31. The maximum Gasteiger partial charge on any atom is 0.279 e. The quantitative estimate of drug-likeness (QED) is 0.556. The molecule has 0 aliphatic carbocycles. The molecule has 2 bridgehead atoms. The van der Waals surface area contributed by atoms with E-state index >= 15 is 0 Å². The summed E-state index contributed by atoms with van der Waals surface area (Å²) in [5, 5.41) is 12.8. The van der Waals surface area contributed by atoms with Gasteiger partial charge in [0.2, 0.25) is 5.43 Å². The van der Waals surface area contributed by atoms with Gasteiger partial charge in [-0.1, -0.05) is 6.07 Å². The zero-order valence-corrected chi connectivity index (χ0v) is 17.9. The van der Waals surface area contributed by atoms with Crippen LogP contribution in [0.2, 0.25) is 0 Å². The lowest BCUT2D eigenvalue weighted by atomic mass is 10.0. The van der Waals surface area contributed by atoms with Crippen molar-refractivity contribution in [1.29, 1.82) is 0 Å². The molecule has 3 heterocycles. The minimum atomic E-state index is -1.21. The molecule has 0 saturated heterocycles. The number of amides is 2. The van der Waals surface area contributed by atoms with Crippen molar-refractivity contribution >= 4 is 17.5 Å². The number of hydrogen-bond donors (Lipinski definition) is 2. The molecule has 2 aliphatic heterocycles. The predicted molar refractivity (Wildman–Crippen MR) is 115 cm³/mol. The number of aromatic hydroxyl groups is 1. The molecule has 5 rings (SSSR count). The zero-order valence-electron chi connectivity index (χ0n) is 17.9. The lowest BCUT2D eigenvalue weighted by Crippen LogP contribution is -2.44. The second-order valence-electron chi connectivity index (χ2n) is 8.39. The molecule has 2 aromatic carbocycles. The summed E-state index contributed by atoms with van der Waals surface area (Å²) >= 11 is 0. The molecule has 7 nitrogen and oxygen atoms in total. The molecule has 3 aromatic rings. The van der Waals surface area contributed by atoms with E-state index in [-0.39, 0.29) is 12.2 Å². The first kappa shape index (κ1) is 22.6. The highest BCUT2D eigenvalue weighted by molar-refractivity contribution is 6.08. The highest BCUT2D eigenvalue weighted by Gasteiger charge is 2.38. The molecule has 35 heavy (non-hydrogen) atoms. The fraction of sp³-hybridized carbons (Fsp3) is 0.208. The van der Waals surface area contributed by atoms with Gasteiger partial charge in [-0.15, -0.1) is 0 Å². The minimum absolute atomic E-state index is 0.123. The Hall–Kier alpha value is -4.15. The molecule has 2 N–H and O–H groups in total. The van der Waals surface area contributed by atoms with Gasteiger partial charge in [0.25, 0.3) is 11.8 Å². The number of aromatic nitrogens is 1. The third kappa shape index (κ3) is 3.72. The average molecular weight is 487 g/mol. The van der Waals surface area contributed by atoms with Crippen LogP contribution in [0.5, 0.6) is 5.75 Å². The van der Waals surface area contributed by atoms with Gasteiger partial charge in [-0.05, 0) is 30.5 Å². The van der Waals surface area contributed by atoms with E-state index < -0.39 is 70.0 Å². The molecule has 0 spiro atoms. The molecule has 1 atom stereocenters. The molecule has 0 radical (unpaired) electrons. The largest absolute Gasteiger partial charge is 0.503 e. The molecular weight excluding hydrogens is 470 g/mol. The first-order chi connectivity index (χ1) is 16.7. The number of carbonyl (C=O) groups excluding carboxylic acids is 2. The topological polar surface area (TPSA) is 91.6 Å². The van der Waals surface area contributed by atoms with Gasteiger partial charge in [0.15, 0.2) is 11.4 Å². The Labute approximate surface area is 195 Å². The Morgan fingerprint density at radius 3 is 2.49 bits per heavy atom. The number of benzene rings is 2. The highest BCUT2D eigenvalue weighted by atomic mass is 19.1. The molecule has 180 valence electrons. The summed E-state index contributed by atoms with van der Waals surface area (Å²) in [4.78, 5) is 40.0. The number of anilines is 1. The van der Waals surface area contributed by atoms with E-state index in [2.05, 4.69) is 5.32 Å². The molecular formula is C24H17F4N3O4. The lowest BCUT2D eigenvalue weighted by Gasteiger charge is -2.35. The molecule has 0 fully saturated rings. The Balaban J connectivity index is 1.50. The summed E-state index contributed by atoms with van der Waals surface area (Å²) in [5.41, 5.74) is -1.57. The van der Waals surface area contributed by atoms with Crippen molar-refractivity contribution < 1.29 is 32.3 Å². The Morgan fingerprint density at radius 2 is 1.77 bits per heavy atom. The number of nitrogens with one attached hydrogen (secondary N) is 1. The van der Waals surface area contributed by atoms with Crippen LogP contribution in [0.1, 0.15) is 44.4 Å². The fourth-order valence-corrected chi connectivity index (χ4v) is 4.56. The van der Waals surface area contributed by atoms with E-state index in [4.69, 9.17) is 0 Å². The van der Waals surface area contributed by atoms with Crippen molar-refractivity contribution in [3.8, 4) is 5.75 Å². The predicted octanol–water partition coefficient (Wildman–Crippen LogP) is 3.19. The lowest BCUT2D eigenvalue weighted by molar-refractivity contribution is 0.0929. The van der Waals surface area contributed by atoms with Gasteiger partial charge in [0.05, 0.1) is 11.7 Å². The van der Waals surface area contributed by atoms with Gasteiger partial charge in [-0.2, -0.15) is 0 Å². The smallest absolute Gasteiger partial charge is 0.279 e. The minimum Gasteiger partial charge on any atom is -0.503 e. The van der Waals surface area contributed by atoms with E-state index in [1.54, 1.807) is 6.07 Å². The van der Waals surface area contributed by atoms with Crippen molar-refractivity contribution in [2.45, 2.75) is 25.4 Å². The highest BCUT2D eigenvalue weighted by Crippen LogP contribution is 2.37. The second kappa shape index (κ2) is 8.26. The number of aryl methyl sites for hydroxylation is 1. The van der Waals surface area contributed by atoms with Crippen LogP contribution >= 0.6 is 0 Å². The number of fused-ring (bicyclic) bond motifs is 6. The molecule has 2 amide bonds. The maximum absolute atomic E-state index is 13.9. The fourth-order valence-electron chi connectivity index (χ4n) is 4.56. The first-order valence-electron chi connectivity index (χ1n) is 10.7. The number of carbonyl (C=O) groups is 2. The summed E-state index contributed by atoms with van der Waals surface area (Å²) in [6.07, 6.45) is 2.06. The summed E-state index contributed by atoms with van der Waals surface area (Å²) in [7, 11) is 0. The standard InChI is InChI=1S/C24H17F4N3O4/c25-12-3-1-11-2-4-14-9-31(19(11)7-12)24(35)20-22(33)21(32)16(10-30(14)20)23(34)29-8-15-17(27)5-13(26)6-18(15)28/h1,3,5-7,10,14,33H,2,4,8-9H2,(H,29,34)/t14-/m1/s1. The normalized spacial score (nSPS) is 16.4. The number of hydrogen-bond acceptors (Lipinski definition) is 4. The van der Waals surface area contributed by atoms with Gasteiger partial charge in [0.1, 0.15) is 28.8 Å².